The van der Waals surface area contributed by atoms with Gasteiger partial charge in [0.15, 0.2) is 5.76 Å². The van der Waals surface area contributed by atoms with Crippen molar-refractivity contribution in [3.05, 3.63) is 59.3 Å². The largest absolute Gasteiger partial charge is 0.454 e. The van der Waals surface area contributed by atoms with Crippen molar-refractivity contribution in [1.82, 2.24) is 40.4 Å². The van der Waals surface area contributed by atoms with E-state index in [2.05, 4.69) is 50.9 Å². The van der Waals surface area contributed by atoms with Crippen molar-refractivity contribution >= 4 is 45.6 Å². The summed E-state index contributed by atoms with van der Waals surface area (Å²) in [5.74, 6) is 2.41. The van der Waals surface area contributed by atoms with Crippen LogP contribution in [-0.2, 0) is 25.5 Å². The number of nitrogens with one attached hydrogen (secondary N) is 4. The number of alkyl carbamates (subject to hydrolysis) is 1. The third-order valence-corrected chi connectivity index (χ3v) is 11.4. The van der Waals surface area contributed by atoms with Gasteiger partial charge in [0.05, 0.1) is 35.9 Å². The summed E-state index contributed by atoms with van der Waals surface area (Å²) in [5, 5.41) is 7.58. The Morgan fingerprint density at radius 3 is 2.15 bits per heavy atom. The number of likely N-dealkylation sites (tertiary alicyclic amines) is 2. The van der Waals surface area contributed by atoms with Crippen LogP contribution in [0.5, 0.6) is 0 Å². The molecule has 8 rings (SSSR count). The summed E-state index contributed by atoms with van der Waals surface area (Å²) in [6.07, 6.45) is 3.28. The van der Waals surface area contributed by atoms with Crippen molar-refractivity contribution in [3.8, 4) is 22.8 Å². The molecule has 2 fully saturated rings. The third-order valence-electron chi connectivity index (χ3n) is 11.4. The first kappa shape index (κ1) is 36.3. The van der Waals surface area contributed by atoms with E-state index in [0.29, 0.717) is 19.5 Å². The summed E-state index contributed by atoms with van der Waals surface area (Å²) in [6.45, 7) is 10.3. The number of ether oxygens (including phenoxy) is 1. The number of amides is 4. The van der Waals surface area contributed by atoms with Crippen LogP contribution in [0.3, 0.4) is 0 Å². The van der Waals surface area contributed by atoms with Gasteiger partial charge in [0, 0.05) is 42.9 Å². The fourth-order valence-corrected chi connectivity index (χ4v) is 8.56. The van der Waals surface area contributed by atoms with Gasteiger partial charge in [-0.05, 0) is 61.1 Å². The van der Waals surface area contributed by atoms with E-state index in [1.807, 2.05) is 43.6 Å². The zero-order chi connectivity index (χ0) is 38.7. The average Bonchev–Trinajstić information content (AvgIpc) is 4.00. The minimum Gasteiger partial charge on any atom is -0.454 e. The topological polar surface area (TPSA) is 179 Å². The lowest BCUT2D eigenvalue weighted by Crippen LogP contribution is -2.51. The van der Waals surface area contributed by atoms with E-state index in [9.17, 15) is 19.2 Å². The first-order valence-corrected chi connectivity index (χ1v) is 19.3. The van der Waals surface area contributed by atoms with Crippen LogP contribution in [0.15, 0.2) is 40.8 Å². The number of imidazole rings is 2. The fraction of sp³-hybridized carbons (Fsp3) is 0.463. The molecular formula is C41H48N8O6. The third kappa shape index (κ3) is 6.50. The highest BCUT2D eigenvalue weighted by Gasteiger charge is 2.40. The molecule has 0 radical (unpaired) electrons. The second-order valence-electron chi connectivity index (χ2n) is 15.8. The molecular weight excluding hydrogens is 701 g/mol. The second-order valence-corrected chi connectivity index (χ2v) is 15.8. The van der Waals surface area contributed by atoms with Gasteiger partial charge >= 0.3 is 6.09 Å². The van der Waals surface area contributed by atoms with Gasteiger partial charge in [-0.3, -0.25) is 14.4 Å². The van der Waals surface area contributed by atoms with Crippen LogP contribution in [0.1, 0.15) is 95.3 Å². The number of hydrogen-bond donors (Lipinski definition) is 4. The molecule has 0 bridgehead atoms. The molecule has 2 aromatic carbocycles. The van der Waals surface area contributed by atoms with Crippen LogP contribution in [0.25, 0.3) is 44.6 Å². The maximum absolute atomic E-state index is 13.7. The first-order chi connectivity index (χ1) is 26.4. The SMILES string of the molecule is COC(=O)N[C@H](C(=O)N1CCC[C@H]1c1nc2ccc3cc(-c4cc5c(o4)-c4[nH]c([C@@H]6CCCN6C(=O)[C@@H](NC(C)=O)C(C)C)nc4C5)ccc3c2[nH]1)C(C)C. The maximum Gasteiger partial charge on any atom is 0.407 e. The lowest BCUT2D eigenvalue weighted by Gasteiger charge is -2.30. The van der Waals surface area contributed by atoms with Crippen molar-refractivity contribution in [1.29, 1.82) is 0 Å². The van der Waals surface area contributed by atoms with Gasteiger partial charge in [0.2, 0.25) is 17.7 Å². The summed E-state index contributed by atoms with van der Waals surface area (Å²) in [6, 6.07) is 10.7. The molecule has 14 heteroatoms. The summed E-state index contributed by atoms with van der Waals surface area (Å²) in [4.78, 5) is 71.8. The van der Waals surface area contributed by atoms with Gasteiger partial charge in [-0.15, -0.1) is 0 Å². The minimum atomic E-state index is -0.699. The van der Waals surface area contributed by atoms with Crippen LogP contribution in [0.4, 0.5) is 4.79 Å². The molecule has 4 atom stereocenters. The number of hydrogen-bond acceptors (Lipinski definition) is 8. The quantitative estimate of drug-likeness (QED) is 0.136. The number of rotatable bonds is 9. The van der Waals surface area contributed by atoms with Gasteiger partial charge in [-0.1, -0.05) is 45.9 Å². The Morgan fingerprint density at radius 1 is 0.855 bits per heavy atom. The molecule has 5 heterocycles. The predicted molar refractivity (Wildman–Crippen MR) is 206 cm³/mol. The van der Waals surface area contributed by atoms with Crippen molar-refractivity contribution in [2.75, 3.05) is 20.2 Å². The van der Waals surface area contributed by atoms with Crippen LogP contribution >= 0.6 is 0 Å². The molecule has 5 aromatic rings. The number of methoxy groups -OCH3 is 1. The zero-order valence-electron chi connectivity index (χ0n) is 32.1. The number of carbonyl (C=O) groups excluding carboxylic acids is 4. The molecule has 3 aliphatic rings. The Balaban J connectivity index is 1.03. The van der Waals surface area contributed by atoms with E-state index >= 15 is 0 Å². The normalized spacial score (nSPS) is 19.0. The van der Waals surface area contributed by atoms with Crippen LogP contribution in [-0.4, -0.2) is 85.8 Å². The number of benzene rings is 2. The van der Waals surface area contributed by atoms with Gasteiger partial charge in [-0.25, -0.2) is 14.8 Å². The lowest BCUT2D eigenvalue weighted by atomic mass is 10.0. The highest BCUT2D eigenvalue weighted by atomic mass is 16.5. The molecule has 55 heavy (non-hydrogen) atoms. The van der Waals surface area contributed by atoms with Crippen molar-refractivity contribution in [2.45, 2.75) is 90.9 Å². The number of carbonyl (C=O) groups is 4. The number of nitrogens with zero attached hydrogens (tertiary/aromatic N) is 4. The van der Waals surface area contributed by atoms with E-state index in [4.69, 9.17) is 19.1 Å². The lowest BCUT2D eigenvalue weighted by molar-refractivity contribution is -0.138. The molecule has 2 saturated heterocycles. The molecule has 288 valence electrons. The van der Waals surface area contributed by atoms with Crippen molar-refractivity contribution in [3.63, 3.8) is 0 Å². The van der Waals surface area contributed by atoms with Crippen LogP contribution < -0.4 is 10.6 Å². The van der Waals surface area contributed by atoms with Crippen molar-refractivity contribution < 1.29 is 28.3 Å². The Morgan fingerprint density at radius 2 is 1.51 bits per heavy atom. The molecule has 2 aliphatic heterocycles. The second kappa shape index (κ2) is 14.2. The van der Waals surface area contributed by atoms with Gasteiger partial charge < -0.3 is 39.6 Å². The molecule has 4 amide bonds. The van der Waals surface area contributed by atoms with Crippen molar-refractivity contribution in [2.24, 2.45) is 11.8 Å². The monoisotopic (exact) mass is 748 g/mol. The summed E-state index contributed by atoms with van der Waals surface area (Å²) in [7, 11) is 1.29. The summed E-state index contributed by atoms with van der Waals surface area (Å²) >= 11 is 0. The predicted octanol–water partition coefficient (Wildman–Crippen LogP) is 6.14. The standard InChI is InChI=1S/C41H48N8O6/c1-20(2)32(42-22(5)50)39(51)48-15-8-10-30(48)38-44-28-18-25-19-31(55-36(25)35(28)46-38)24-11-13-26-23(17-24)12-14-27-34(26)45-37(43-27)29-9-7-16-49(29)40(52)33(21(3)4)47-41(53)54-6/h11-14,17,19-21,29-30,32-33H,7-10,15-16,18H2,1-6H3,(H,42,50)(H,43,45)(H,44,46)(H,47,53)/t29-,30-,32-,33-/m0/s1. The highest BCUT2D eigenvalue weighted by Crippen LogP contribution is 2.43. The van der Waals surface area contributed by atoms with Crippen LogP contribution in [0, 0.1) is 11.8 Å². The Kier molecular flexibility index (Phi) is 9.38. The van der Waals surface area contributed by atoms with E-state index in [1.165, 1.54) is 14.0 Å². The summed E-state index contributed by atoms with van der Waals surface area (Å²) in [5.41, 5.74) is 5.49. The van der Waals surface area contributed by atoms with Gasteiger partial charge in [0.25, 0.3) is 0 Å². The number of aromatic amines is 2. The minimum absolute atomic E-state index is 0.0385. The highest BCUT2D eigenvalue weighted by molar-refractivity contribution is 6.05. The maximum atomic E-state index is 13.7. The number of fused-ring (bicyclic) bond motifs is 6. The van der Waals surface area contributed by atoms with E-state index in [-0.39, 0.29) is 41.6 Å². The van der Waals surface area contributed by atoms with E-state index in [0.717, 1.165) is 93.2 Å². The molecule has 0 spiro atoms. The average molecular weight is 749 g/mol. The number of aromatic nitrogens is 4. The van der Waals surface area contributed by atoms with Crippen LogP contribution in [0.2, 0.25) is 0 Å². The Labute approximate surface area is 318 Å². The molecule has 3 aromatic heterocycles. The fourth-order valence-electron chi connectivity index (χ4n) is 8.56. The molecule has 4 N–H and O–H groups in total. The molecule has 1 aliphatic carbocycles. The summed E-state index contributed by atoms with van der Waals surface area (Å²) < 4.78 is 11.3. The van der Waals surface area contributed by atoms with E-state index < -0.39 is 18.2 Å². The van der Waals surface area contributed by atoms with Gasteiger partial charge in [-0.2, -0.15) is 0 Å². The molecule has 0 saturated carbocycles. The first-order valence-electron chi connectivity index (χ1n) is 19.3. The zero-order valence-corrected chi connectivity index (χ0v) is 32.1. The Bertz CT molecular complexity index is 2320. The molecule has 0 unspecified atom stereocenters. The number of furan rings is 1. The Hall–Kier alpha value is -5.66. The smallest absolute Gasteiger partial charge is 0.407 e. The van der Waals surface area contributed by atoms with E-state index in [1.54, 1.807) is 0 Å². The molecule has 14 nitrogen and oxygen atoms in total. The van der Waals surface area contributed by atoms with Gasteiger partial charge in [0.1, 0.15) is 35.2 Å². The number of H-pyrrole nitrogens is 2.